The predicted molar refractivity (Wildman–Crippen MR) is 87.8 cm³/mol. The highest BCUT2D eigenvalue weighted by atomic mass is 16.8. The van der Waals surface area contributed by atoms with Gasteiger partial charge in [0, 0.05) is 24.8 Å². The highest BCUT2D eigenvalue weighted by Crippen LogP contribution is 2.56. The SMILES string of the molecule is CCCC1(C)OC2C3CC(CN4C(=O)C(C)C(C)C4=O)C(C3)C2O1. The quantitative estimate of drug-likeness (QED) is 0.741. The number of ether oxygens (including phenoxy) is 2. The summed E-state index contributed by atoms with van der Waals surface area (Å²) in [5.74, 6) is 0.520. The van der Waals surface area contributed by atoms with E-state index in [1.165, 1.54) is 4.90 Å². The number of carbonyl (C=O) groups is 2. The van der Waals surface area contributed by atoms with Crippen molar-refractivity contribution >= 4 is 11.8 Å². The summed E-state index contributed by atoms with van der Waals surface area (Å²) in [6.45, 7) is 8.51. The second kappa shape index (κ2) is 5.53. The van der Waals surface area contributed by atoms with E-state index in [-0.39, 0.29) is 35.9 Å². The summed E-state index contributed by atoms with van der Waals surface area (Å²) >= 11 is 0. The molecule has 5 heteroatoms. The molecule has 2 heterocycles. The molecular formula is C19H29NO4. The van der Waals surface area contributed by atoms with Crippen LogP contribution in [0, 0.1) is 29.6 Å². The number of imide groups is 1. The molecule has 4 fully saturated rings. The molecule has 8 unspecified atom stereocenters. The minimum absolute atomic E-state index is 0.00577. The number of hydrogen-bond acceptors (Lipinski definition) is 4. The zero-order chi connectivity index (χ0) is 17.2. The maximum absolute atomic E-state index is 12.4. The Hall–Kier alpha value is -0.940. The number of amides is 2. The van der Waals surface area contributed by atoms with Gasteiger partial charge in [-0.15, -0.1) is 0 Å². The first-order chi connectivity index (χ1) is 11.3. The molecule has 134 valence electrons. The lowest BCUT2D eigenvalue weighted by molar-refractivity contribution is -0.176. The lowest BCUT2D eigenvalue weighted by Crippen LogP contribution is -2.42. The summed E-state index contributed by atoms with van der Waals surface area (Å²) in [5, 5.41) is 0. The first-order valence-electron chi connectivity index (χ1n) is 9.55. The van der Waals surface area contributed by atoms with Crippen LogP contribution in [0.5, 0.6) is 0 Å². The van der Waals surface area contributed by atoms with Crippen molar-refractivity contribution in [3.63, 3.8) is 0 Å². The Morgan fingerprint density at radius 3 is 2.33 bits per heavy atom. The fraction of sp³-hybridized carbons (Fsp3) is 0.895. The fourth-order valence-corrected chi connectivity index (χ4v) is 5.53. The Bertz CT molecular complexity index is 544. The van der Waals surface area contributed by atoms with Crippen molar-refractivity contribution in [1.82, 2.24) is 4.90 Å². The third-order valence-corrected chi connectivity index (χ3v) is 6.95. The number of carbonyl (C=O) groups excluding carboxylic acids is 2. The minimum atomic E-state index is -0.446. The van der Waals surface area contributed by atoms with Crippen molar-refractivity contribution in [1.29, 1.82) is 0 Å². The zero-order valence-electron chi connectivity index (χ0n) is 15.2. The van der Waals surface area contributed by atoms with Crippen molar-refractivity contribution in [2.75, 3.05) is 6.54 Å². The number of fused-ring (bicyclic) bond motifs is 5. The van der Waals surface area contributed by atoms with Crippen LogP contribution >= 0.6 is 0 Å². The molecule has 8 atom stereocenters. The molecule has 0 aromatic heterocycles. The maximum atomic E-state index is 12.4. The van der Waals surface area contributed by atoms with Gasteiger partial charge in [0.25, 0.3) is 0 Å². The van der Waals surface area contributed by atoms with Crippen LogP contribution in [0.3, 0.4) is 0 Å². The predicted octanol–water partition coefficient (Wildman–Crippen LogP) is 2.58. The van der Waals surface area contributed by atoms with Gasteiger partial charge in [0.15, 0.2) is 5.79 Å². The van der Waals surface area contributed by atoms with Crippen LogP contribution < -0.4 is 0 Å². The lowest BCUT2D eigenvalue weighted by atomic mass is 9.84. The first kappa shape index (κ1) is 16.5. The summed E-state index contributed by atoms with van der Waals surface area (Å²) in [5.41, 5.74) is 0. The highest BCUT2D eigenvalue weighted by Gasteiger charge is 2.61. The summed E-state index contributed by atoms with van der Waals surface area (Å²) in [6.07, 6.45) is 4.49. The third-order valence-electron chi connectivity index (χ3n) is 6.95. The molecule has 2 saturated carbocycles. The van der Waals surface area contributed by atoms with Crippen LogP contribution in [0.2, 0.25) is 0 Å². The Morgan fingerprint density at radius 2 is 1.71 bits per heavy atom. The van der Waals surface area contributed by atoms with Crippen molar-refractivity contribution < 1.29 is 19.1 Å². The topological polar surface area (TPSA) is 55.8 Å². The molecule has 0 aromatic carbocycles. The number of nitrogens with zero attached hydrogens (tertiary/aromatic N) is 1. The number of rotatable bonds is 4. The van der Waals surface area contributed by atoms with E-state index in [2.05, 4.69) is 13.8 Å². The molecule has 0 N–H and O–H groups in total. The Kier molecular flexibility index (Phi) is 3.81. The van der Waals surface area contributed by atoms with Crippen molar-refractivity contribution in [2.24, 2.45) is 29.6 Å². The van der Waals surface area contributed by atoms with E-state index in [9.17, 15) is 9.59 Å². The smallest absolute Gasteiger partial charge is 0.232 e. The Balaban J connectivity index is 1.46. The van der Waals surface area contributed by atoms with E-state index in [1.807, 2.05) is 13.8 Å². The highest BCUT2D eigenvalue weighted by molar-refractivity contribution is 6.04. The zero-order valence-corrected chi connectivity index (χ0v) is 15.2. The minimum Gasteiger partial charge on any atom is -0.344 e. The molecule has 4 aliphatic rings. The van der Waals surface area contributed by atoms with Gasteiger partial charge < -0.3 is 9.47 Å². The fourth-order valence-electron chi connectivity index (χ4n) is 5.53. The van der Waals surface area contributed by atoms with E-state index < -0.39 is 5.79 Å². The molecule has 24 heavy (non-hydrogen) atoms. The normalized spacial score (nSPS) is 50.2. The number of likely N-dealkylation sites (tertiary alicyclic amines) is 1. The molecule has 4 rings (SSSR count). The van der Waals surface area contributed by atoms with Crippen LogP contribution in [0.1, 0.15) is 53.4 Å². The Morgan fingerprint density at radius 1 is 1.08 bits per heavy atom. The van der Waals surface area contributed by atoms with Crippen LogP contribution in [-0.2, 0) is 19.1 Å². The summed E-state index contributed by atoms with van der Waals surface area (Å²) in [7, 11) is 0. The summed E-state index contributed by atoms with van der Waals surface area (Å²) in [4.78, 5) is 26.3. The van der Waals surface area contributed by atoms with Gasteiger partial charge >= 0.3 is 0 Å². The van der Waals surface area contributed by atoms with E-state index in [4.69, 9.17) is 9.47 Å². The standard InChI is InChI=1S/C19H29NO4/c1-5-6-19(4)23-15-12-7-13(14(8-12)16(15)24-19)9-20-17(21)10(2)11(3)18(20)22/h10-16H,5-9H2,1-4H3. The molecular weight excluding hydrogens is 306 g/mol. The third kappa shape index (κ3) is 2.27. The van der Waals surface area contributed by atoms with Crippen LogP contribution in [0.15, 0.2) is 0 Å². The molecule has 2 bridgehead atoms. The van der Waals surface area contributed by atoms with Gasteiger partial charge in [-0.25, -0.2) is 0 Å². The monoisotopic (exact) mass is 335 g/mol. The molecule has 5 nitrogen and oxygen atoms in total. The largest absolute Gasteiger partial charge is 0.344 e. The summed E-state index contributed by atoms with van der Waals surface area (Å²) < 4.78 is 12.6. The molecule has 2 amide bonds. The molecule has 0 aromatic rings. The van der Waals surface area contributed by atoms with E-state index in [0.29, 0.717) is 24.3 Å². The first-order valence-corrected chi connectivity index (χ1v) is 9.55. The van der Waals surface area contributed by atoms with Gasteiger partial charge in [0.2, 0.25) is 11.8 Å². The second-order valence-electron chi connectivity index (χ2n) is 8.57. The van der Waals surface area contributed by atoms with E-state index in [1.54, 1.807) is 0 Å². The van der Waals surface area contributed by atoms with Gasteiger partial charge in [0.05, 0.1) is 12.2 Å². The van der Waals surface area contributed by atoms with Gasteiger partial charge in [-0.2, -0.15) is 0 Å². The van der Waals surface area contributed by atoms with E-state index >= 15 is 0 Å². The number of hydrogen-bond donors (Lipinski definition) is 0. The van der Waals surface area contributed by atoms with Gasteiger partial charge in [0.1, 0.15) is 0 Å². The van der Waals surface area contributed by atoms with Gasteiger partial charge in [-0.05, 0) is 37.5 Å². The van der Waals surface area contributed by atoms with Crippen LogP contribution in [0.25, 0.3) is 0 Å². The molecule has 2 aliphatic carbocycles. The summed E-state index contributed by atoms with van der Waals surface area (Å²) in [6, 6.07) is 0. The van der Waals surface area contributed by atoms with Gasteiger partial charge in [-0.1, -0.05) is 27.2 Å². The van der Waals surface area contributed by atoms with Crippen molar-refractivity contribution in [3.05, 3.63) is 0 Å². The lowest BCUT2D eigenvalue weighted by Gasteiger charge is -2.31. The van der Waals surface area contributed by atoms with Crippen LogP contribution in [0.4, 0.5) is 0 Å². The van der Waals surface area contributed by atoms with Crippen molar-refractivity contribution in [3.8, 4) is 0 Å². The van der Waals surface area contributed by atoms with Gasteiger partial charge in [-0.3, -0.25) is 14.5 Å². The van der Waals surface area contributed by atoms with Crippen molar-refractivity contribution in [2.45, 2.75) is 71.4 Å². The molecule has 2 saturated heterocycles. The Labute approximate surface area is 144 Å². The second-order valence-corrected chi connectivity index (χ2v) is 8.57. The average Bonchev–Trinajstić information content (AvgIpc) is 3.22. The molecule has 0 spiro atoms. The molecule has 0 radical (unpaired) electrons. The average molecular weight is 335 g/mol. The maximum Gasteiger partial charge on any atom is 0.232 e. The molecule has 2 aliphatic heterocycles. The van der Waals surface area contributed by atoms with Crippen LogP contribution in [-0.4, -0.2) is 41.3 Å². The van der Waals surface area contributed by atoms with E-state index in [0.717, 1.165) is 25.7 Å².